The van der Waals surface area contributed by atoms with E-state index in [4.69, 9.17) is 0 Å². The Morgan fingerprint density at radius 1 is 1.36 bits per heavy atom. The van der Waals surface area contributed by atoms with E-state index in [0.717, 1.165) is 0 Å². The van der Waals surface area contributed by atoms with Crippen LogP contribution >= 0.6 is 0 Å². The first-order valence-corrected chi connectivity index (χ1v) is 10.0. The monoisotopic (exact) mass is 369 g/mol. The number of amides is 1. The molecule has 0 unspecified atom stereocenters. The zero-order valence-electron chi connectivity index (χ0n) is 14.6. The number of nitro benzene ring substituents is 1. The van der Waals surface area contributed by atoms with Crippen LogP contribution in [-0.2, 0) is 10.0 Å². The molecule has 138 valence electrons. The van der Waals surface area contributed by atoms with Gasteiger partial charge in [0, 0.05) is 43.4 Å². The molecule has 0 spiro atoms. The molecule has 0 radical (unpaired) electrons. The van der Waals surface area contributed by atoms with Gasteiger partial charge in [-0.25, -0.2) is 8.42 Å². The maximum absolute atomic E-state index is 12.7. The number of sulfonamides is 1. The molecule has 0 N–H and O–H groups in total. The van der Waals surface area contributed by atoms with E-state index in [9.17, 15) is 23.3 Å². The Bertz CT molecular complexity index is 770. The van der Waals surface area contributed by atoms with Gasteiger partial charge in [-0.15, -0.1) is 0 Å². The fraction of sp³-hybridized carbons (Fsp3) is 0.562. The molecule has 0 aliphatic carbocycles. The summed E-state index contributed by atoms with van der Waals surface area (Å²) in [6, 6.07) is 4.14. The third kappa shape index (κ3) is 4.35. The molecule has 1 heterocycles. The van der Waals surface area contributed by atoms with Crippen molar-refractivity contribution in [2.24, 2.45) is 0 Å². The molecule has 1 aromatic carbocycles. The molecule has 1 fully saturated rings. The topological polar surface area (TPSA) is 101 Å². The molecule has 1 saturated heterocycles. The second-order valence-corrected chi connectivity index (χ2v) is 8.18. The third-order valence-electron chi connectivity index (χ3n) is 4.56. The Kier molecular flexibility index (Phi) is 5.79. The third-order valence-corrected chi connectivity index (χ3v) is 5.97. The van der Waals surface area contributed by atoms with Gasteiger partial charge in [0.15, 0.2) is 0 Å². The van der Waals surface area contributed by atoms with Gasteiger partial charge in [0.1, 0.15) is 0 Å². The van der Waals surface area contributed by atoms with Gasteiger partial charge in [-0.1, -0.05) is 13.0 Å². The van der Waals surface area contributed by atoms with Crippen molar-refractivity contribution in [3.63, 3.8) is 0 Å². The highest BCUT2D eigenvalue weighted by atomic mass is 32.2. The molecular formula is C16H23N3O5S. The lowest BCUT2D eigenvalue weighted by Crippen LogP contribution is -2.48. The summed E-state index contributed by atoms with van der Waals surface area (Å²) in [4.78, 5) is 24.8. The van der Waals surface area contributed by atoms with Gasteiger partial charge in [0.25, 0.3) is 11.6 Å². The van der Waals surface area contributed by atoms with E-state index in [0.29, 0.717) is 43.6 Å². The summed E-state index contributed by atoms with van der Waals surface area (Å²) < 4.78 is 25.1. The number of piperidine rings is 1. The fourth-order valence-corrected chi connectivity index (χ4v) is 4.47. The number of nitrogens with zero attached hydrogens (tertiary/aromatic N) is 3. The van der Waals surface area contributed by atoms with Crippen LogP contribution in [0.25, 0.3) is 0 Å². The number of benzene rings is 1. The number of nitro groups is 1. The van der Waals surface area contributed by atoms with Gasteiger partial charge in [-0.2, -0.15) is 4.31 Å². The Labute approximate surface area is 147 Å². The second-order valence-electron chi connectivity index (χ2n) is 6.25. The second kappa shape index (κ2) is 7.49. The van der Waals surface area contributed by atoms with Crippen LogP contribution in [-0.4, -0.2) is 60.4 Å². The first kappa shape index (κ1) is 19.3. The average molecular weight is 369 g/mol. The van der Waals surface area contributed by atoms with E-state index in [1.165, 1.54) is 22.7 Å². The highest BCUT2D eigenvalue weighted by molar-refractivity contribution is 7.88. The Balaban J connectivity index is 2.12. The van der Waals surface area contributed by atoms with Crippen LogP contribution in [0.3, 0.4) is 0 Å². The van der Waals surface area contributed by atoms with Crippen LogP contribution in [0.5, 0.6) is 0 Å². The minimum Gasteiger partial charge on any atom is -0.339 e. The minimum atomic E-state index is -3.27. The summed E-state index contributed by atoms with van der Waals surface area (Å²) in [6.07, 6.45) is 2.31. The molecule has 1 aliphatic heterocycles. The van der Waals surface area contributed by atoms with E-state index in [1.807, 2.05) is 0 Å². The van der Waals surface area contributed by atoms with Crippen molar-refractivity contribution < 1.29 is 18.1 Å². The quantitative estimate of drug-likeness (QED) is 0.582. The van der Waals surface area contributed by atoms with Crippen LogP contribution in [0, 0.1) is 17.0 Å². The van der Waals surface area contributed by atoms with Crippen molar-refractivity contribution in [3.8, 4) is 0 Å². The SMILES string of the molecule is CCN(C1CCN(C(=O)c2cc([N+](=O)[O-])ccc2C)CC1)S(C)(=O)=O. The highest BCUT2D eigenvalue weighted by Crippen LogP contribution is 2.23. The number of hydrogen-bond acceptors (Lipinski definition) is 5. The van der Waals surface area contributed by atoms with Crippen molar-refractivity contribution >= 4 is 21.6 Å². The van der Waals surface area contributed by atoms with Crippen molar-refractivity contribution in [3.05, 3.63) is 39.4 Å². The zero-order valence-corrected chi connectivity index (χ0v) is 15.5. The maximum Gasteiger partial charge on any atom is 0.270 e. The predicted octanol–water partition coefficient (Wildman–Crippen LogP) is 1.79. The lowest BCUT2D eigenvalue weighted by Gasteiger charge is -2.37. The molecular weight excluding hydrogens is 346 g/mol. The zero-order chi connectivity index (χ0) is 18.8. The number of likely N-dealkylation sites (tertiary alicyclic amines) is 1. The summed E-state index contributed by atoms with van der Waals surface area (Å²) >= 11 is 0. The molecule has 2 rings (SSSR count). The van der Waals surface area contributed by atoms with Crippen molar-refractivity contribution in [2.45, 2.75) is 32.7 Å². The molecule has 9 heteroatoms. The molecule has 0 saturated carbocycles. The fourth-order valence-electron chi connectivity index (χ4n) is 3.24. The lowest BCUT2D eigenvalue weighted by molar-refractivity contribution is -0.384. The van der Waals surface area contributed by atoms with Gasteiger partial charge in [0.05, 0.1) is 11.2 Å². The van der Waals surface area contributed by atoms with E-state index in [-0.39, 0.29) is 17.6 Å². The van der Waals surface area contributed by atoms with Crippen LogP contribution < -0.4 is 0 Å². The number of carbonyl (C=O) groups excluding carboxylic acids is 1. The number of hydrogen-bond donors (Lipinski definition) is 0. The molecule has 1 aromatic rings. The van der Waals surface area contributed by atoms with E-state index < -0.39 is 14.9 Å². The van der Waals surface area contributed by atoms with E-state index in [2.05, 4.69) is 0 Å². The molecule has 0 atom stereocenters. The standard InChI is InChI=1S/C16H23N3O5S/c1-4-18(25(3,23)24)13-7-9-17(10-8-13)16(20)15-11-14(19(21)22)6-5-12(15)2/h5-6,11,13H,4,7-10H2,1-3H3. The van der Waals surface area contributed by atoms with Gasteiger partial charge < -0.3 is 4.90 Å². The Morgan fingerprint density at radius 3 is 2.44 bits per heavy atom. The first-order valence-electron chi connectivity index (χ1n) is 8.16. The summed E-state index contributed by atoms with van der Waals surface area (Å²) in [5, 5.41) is 10.9. The summed E-state index contributed by atoms with van der Waals surface area (Å²) in [7, 11) is -3.27. The van der Waals surface area contributed by atoms with E-state index in [1.54, 1.807) is 24.8 Å². The average Bonchev–Trinajstić information content (AvgIpc) is 2.54. The van der Waals surface area contributed by atoms with Crippen molar-refractivity contribution in [2.75, 3.05) is 25.9 Å². The highest BCUT2D eigenvalue weighted by Gasteiger charge is 2.31. The normalized spacial score (nSPS) is 16.2. The lowest BCUT2D eigenvalue weighted by atomic mass is 10.0. The maximum atomic E-state index is 12.7. The van der Waals surface area contributed by atoms with Crippen LogP contribution in [0.4, 0.5) is 5.69 Å². The van der Waals surface area contributed by atoms with Crippen molar-refractivity contribution in [1.82, 2.24) is 9.21 Å². The molecule has 1 amide bonds. The van der Waals surface area contributed by atoms with Gasteiger partial charge in [-0.05, 0) is 25.3 Å². The predicted molar refractivity (Wildman–Crippen MR) is 94.0 cm³/mol. The number of carbonyl (C=O) groups is 1. The Morgan fingerprint density at radius 2 is 1.96 bits per heavy atom. The van der Waals surface area contributed by atoms with Gasteiger partial charge in [0.2, 0.25) is 10.0 Å². The van der Waals surface area contributed by atoms with Crippen molar-refractivity contribution in [1.29, 1.82) is 0 Å². The molecule has 8 nitrogen and oxygen atoms in total. The molecule has 1 aliphatic rings. The smallest absolute Gasteiger partial charge is 0.270 e. The van der Waals surface area contributed by atoms with Gasteiger partial charge >= 0.3 is 0 Å². The van der Waals surface area contributed by atoms with Gasteiger partial charge in [-0.3, -0.25) is 14.9 Å². The molecule has 0 aromatic heterocycles. The Hall–Kier alpha value is -2.00. The number of rotatable bonds is 5. The number of aryl methyl sites for hydroxylation is 1. The largest absolute Gasteiger partial charge is 0.339 e. The van der Waals surface area contributed by atoms with Crippen LogP contribution in [0.2, 0.25) is 0 Å². The van der Waals surface area contributed by atoms with E-state index >= 15 is 0 Å². The molecule has 25 heavy (non-hydrogen) atoms. The minimum absolute atomic E-state index is 0.113. The molecule has 0 bridgehead atoms. The first-order chi connectivity index (χ1) is 11.6. The summed E-state index contributed by atoms with van der Waals surface area (Å²) in [5.41, 5.74) is 0.894. The summed E-state index contributed by atoms with van der Waals surface area (Å²) in [6.45, 7) is 4.80. The summed E-state index contributed by atoms with van der Waals surface area (Å²) in [5.74, 6) is -0.248. The van der Waals surface area contributed by atoms with Crippen LogP contribution in [0.1, 0.15) is 35.7 Å². The van der Waals surface area contributed by atoms with Crippen LogP contribution in [0.15, 0.2) is 18.2 Å². The number of non-ortho nitro benzene ring substituents is 1.